The SMILES string of the molecule is CCOC1(OCC)N=C(N)c2cc(C)ccc21. The van der Waals surface area contributed by atoms with Crippen LogP contribution < -0.4 is 5.73 Å². The van der Waals surface area contributed by atoms with Gasteiger partial charge in [0.2, 0.25) is 0 Å². The van der Waals surface area contributed by atoms with Crippen LogP contribution in [0.25, 0.3) is 0 Å². The van der Waals surface area contributed by atoms with Crippen molar-refractivity contribution in [3.8, 4) is 0 Å². The average Bonchev–Trinajstić information content (AvgIpc) is 2.53. The third-order valence-electron chi connectivity index (χ3n) is 2.74. The molecule has 0 bridgehead atoms. The van der Waals surface area contributed by atoms with E-state index in [9.17, 15) is 0 Å². The van der Waals surface area contributed by atoms with Gasteiger partial charge >= 0.3 is 5.91 Å². The minimum atomic E-state index is -1.05. The van der Waals surface area contributed by atoms with Crippen LogP contribution in [0.5, 0.6) is 0 Å². The van der Waals surface area contributed by atoms with Crippen LogP contribution in [-0.2, 0) is 15.4 Å². The predicted molar refractivity (Wildman–Crippen MR) is 66.8 cm³/mol. The van der Waals surface area contributed by atoms with E-state index < -0.39 is 5.91 Å². The second kappa shape index (κ2) is 4.47. The van der Waals surface area contributed by atoms with Gasteiger partial charge in [-0.25, -0.2) is 4.99 Å². The van der Waals surface area contributed by atoms with Crippen molar-refractivity contribution in [3.63, 3.8) is 0 Å². The summed E-state index contributed by atoms with van der Waals surface area (Å²) >= 11 is 0. The lowest BCUT2D eigenvalue weighted by molar-refractivity contribution is -0.234. The average molecular weight is 234 g/mol. The highest BCUT2D eigenvalue weighted by molar-refractivity contribution is 6.01. The van der Waals surface area contributed by atoms with Crippen LogP contribution in [0.3, 0.4) is 0 Å². The molecular formula is C13H18N2O2. The van der Waals surface area contributed by atoms with Crippen LogP contribution in [0.4, 0.5) is 0 Å². The van der Waals surface area contributed by atoms with Gasteiger partial charge in [-0.05, 0) is 26.8 Å². The van der Waals surface area contributed by atoms with Crippen molar-refractivity contribution in [2.24, 2.45) is 10.7 Å². The molecule has 2 rings (SSSR count). The summed E-state index contributed by atoms with van der Waals surface area (Å²) in [5.41, 5.74) is 8.89. The Hall–Kier alpha value is -1.39. The number of hydrogen-bond acceptors (Lipinski definition) is 4. The van der Waals surface area contributed by atoms with Crippen molar-refractivity contribution in [2.75, 3.05) is 13.2 Å². The summed E-state index contributed by atoms with van der Waals surface area (Å²) < 4.78 is 11.4. The molecule has 1 heterocycles. The van der Waals surface area contributed by atoms with E-state index in [0.29, 0.717) is 19.0 Å². The normalized spacial score (nSPS) is 16.8. The van der Waals surface area contributed by atoms with Gasteiger partial charge in [0.15, 0.2) is 0 Å². The Bertz CT molecular complexity index is 449. The highest BCUT2D eigenvalue weighted by Gasteiger charge is 2.41. The molecule has 0 aromatic heterocycles. The van der Waals surface area contributed by atoms with E-state index in [-0.39, 0.29) is 0 Å². The van der Waals surface area contributed by atoms with Crippen molar-refractivity contribution >= 4 is 5.84 Å². The number of benzene rings is 1. The van der Waals surface area contributed by atoms with Gasteiger partial charge in [-0.2, -0.15) is 0 Å². The fourth-order valence-electron chi connectivity index (χ4n) is 2.08. The van der Waals surface area contributed by atoms with Crippen LogP contribution in [0, 0.1) is 6.92 Å². The van der Waals surface area contributed by atoms with E-state index in [1.807, 2.05) is 39.0 Å². The Balaban J connectivity index is 2.52. The topological polar surface area (TPSA) is 56.8 Å². The maximum atomic E-state index is 5.94. The highest BCUT2D eigenvalue weighted by atomic mass is 16.7. The van der Waals surface area contributed by atoms with Gasteiger partial charge in [-0.3, -0.25) is 0 Å². The van der Waals surface area contributed by atoms with E-state index in [1.54, 1.807) is 0 Å². The zero-order valence-corrected chi connectivity index (χ0v) is 10.5. The van der Waals surface area contributed by atoms with Gasteiger partial charge < -0.3 is 15.2 Å². The van der Waals surface area contributed by atoms with E-state index in [0.717, 1.165) is 16.7 Å². The molecular weight excluding hydrogens is 216 g/mol. The third-order valence-corrected chi connectivity index (χ3v) is 2.74. The molecule has 0 aliphatic carbocycles. The Morgan fingerprint density at radius 1 is 1.24 bits per heavy atom. The number of nitrogens with zero attached hydrogens (tertiary/aromatic N) is 1. The maximum Gasteiger partial charge on any atom is 0.300 e. The molecule has 1 aliphatic rings. The zero-order chi connectivity index (χ0) is 12.5. The van der Waals surface area contributed by atoms with Gasteiger partial charge in [0.25, 0.3) is 0 Å². The quantitative estimate of drug-likeness (QED) is 0.809. The molecule has 0 radical (unpaired) electrons. The Kier molecular flexibility index (Phi) is 3.17. The summed E-state index contributed by atoms with van der Waals surface area (Å²) in [6.45, 7) is 6.89. The van der Waals surface area contributed by atoms with Gasteiger partial charge in [0.05, 0.1) is 0 Å². The second-order valence-electron chi connectivity index (χ2n) is 3.99. The fourth-order valence-corrected chi connectivity index (χ4v) is 2.08. The number of aliphatic imine (C=N–C) groups is 1. The molecule has 0 unspecified atom stereocenters. The lowest BCUT2D eigenvalue weighted by Crippen LogP contribution is -2.29. The van der Waals surface area contributed by atoms with Crippen LogP contribution in [0.15, 0.2) is 23.2 Å². The molecule has 92 valence electrons. The van der Waals surface area contributed by atoms with Crippen molar-refractivity contribution in [2.45, 2.75) is 26.7 Å². The molecule has 4 heteroatoms. The van der Waals surface area contributed by atoms with Gasteiger partial charge in [-0.1, -0.05) is 17.7 Å². The number of rotatable bonds is 4. The number of ether oxygens (including phenoxy) is 2. The largest absolute Gasteiger partial charge is 0.383 e. The van der Waals surface area contributed by atoms with Gasteiger partial charge in [0.1, 0.15) is 5.84 Å². The molecule has 2 N–H and O–H groups in total. The maximum absolute atomic E-state index is 5.94. The van der Waals surface area contributed by atoms with Crippen molar-refractivity contribution < 1.29 is 9.47 Å². The van der Waals surface area contributed by atoms with E-state index in [1.165, 1.54) is 0 Å². The second-order valence-corrected chi connectivity index (χ2v) is 3.99. The number of amidine groups is 1. The third kappa shape index (κ3) is 1.94. The lowest BCUT2D eigenvalue weighted by Gasteiger charge is -2.26. The van der Waals surface area contributed by atoms with E-state index in [2.05, 4.69) is 4.99 Å². The van der Waals surface area contributed by atoms with E-state index in [4.69, 9.17) is 15.2 Å². The molecule has 0 saturated heterocycles. The van der Waals surface area contributed by atoms with Crippen molar-refractivity contribution in [1.29, 1.82) is 0 Å². The molecule has 0 fully saturated rings. The number of hydrogen-bond donors (Lipinski definition) is 1. The van der Waals surface area contributed by atoms with Crippen LogP contribution >= 0.6 is 0 Å². The first-order valence-corrected chi connectivity index (χ1v) is 5.87. The first kappa shape index (κ1) is 12.1. The Morgan fingerprint density at radius 3 is 2.47 bits per heavy atom. The molecule has 4 nitrogen and oxygen atoms in total. The lowest BCUT2D eigenvalue weighted by atomic mass is 10.0. The Labute approximate surface area is 101 Å². The first-order valence-electron chi connectivity index (χ1n) is 5.87. The first-order chi connectivity index (χ1) is 8.13. The Morgan fingerprint density at radius 2 is 1.88 bits per heavy atom. The predicted octanol–water partition coefficient (Wildman–Crippen LogP) is 1.90. The van der Waals surface area contributed by atoms with Gasteiger partial charge in [0, 0.05) is 24.3 Å². The van der Waals surface area contributed by atoms with Crippen LogP contribution in [0.2, 0.25) is 0 Å². The number of nitrogens with two attached hydrogens (primary N) is 1. The molecule has 0 saturated carbocycles. The van der Waals surface area contributed by atoms with Crippen LogP contribution in [0.1, 0.15) is 30.5 Å². The summed E-state index contributed by atoms with van der Waals surface area (Å²) in [6.07, 6.45) is 0. The molecule has 17 heavy (non-hydrogen) atoms. The van der Waals surface area contributed by atoms with Crippen molar-refractivity contribution in [1.82, 2.24) is 0 Å². The van der Waals surface area contributed by atoms with Crippen molar-refractivity contribution in [3.05, 3.63) is 34.9 Å². The van der Waals surface area contributed by atoms with Crippen LogP contribution in [-0.4, -0.2) is 19.0 Å². The summed E-state index contributed by atoms with van der Waals surface area (Å²) in [6, 6.07) is 5.99. The number of aryl methyl sites for hydroxylation is 1. The highest BCUT2D eigenvalue weighted by Crippen LogP contribution is 2.37. The number of fused-ring (bicyclic) bond motifs is 1. The molecule has 0 atom stereocenters. The monoisotopic (exact) mass is 234 g/mol. The summed E-state index contributed by atoms with van der Waals surface area (Å²) in [7, 11) is 0. The molecule has 0 spiro atoms. The molecule has 0 amide bonds. The summed E-state index contributed by atoms with van der Waals surface area (Å²) in [5.74, 6) is -0.568. The fraction of sp³-hybridized carbons (Fsp3) is 0.462. The minimum Gasteiger partial charge on any atom is -0.383 e. The molecule has 1 aliphatic heterocycles. The smallest absolute Gasteiger partial charge is 0.300 e. The molecule has 1 aromatic rings. The summed E-state index contributed by atoms with van der Waals surface area (Å²) in [5, 5.41) is 0. The zero-order valence-electron chi connectivity index (χ0n) is 10.5. The van der Waals surface area contributed by atoms with E-state index >= 15 is 0 Å². The standard InChI is InChI=1S/C13H18N2O2/c1-4-16-13(17-5-2)11-7-6-9(3)8-10(11)12(14)15-13/h6-8H,4-5H2,1-3H3,(H2,14,15). The summed E-state index contributed by atoms with van der Waals surface area (Å²) in [4.78, 5) is 4.36. The van der Waals surface area contributed by atoms with Gasteiger partial charge in [-0.15, -0.1) is 0 Å². The minimum absolute atomic E-state index is 0.477. The molecule has 1 aromatic carbocycles.